The number of hydrogen-bond donors (Lipinski definition) is 1. The van der Waals surface area contributed by atoms with E-state index in [0.29, 0.717) is 12.3 Å². The highest BCUT2D eigenvalue weighted by Crippen LogP contribution is 2.20. The van der Waals surface area contributed by atoms with Crippen molar-refractivity contribution in [2.24, 2.45) is 0 Å². The monoisotopic (exact) mass is 327 g/mol. The molecule has 0 saturated carbocycles. The Labute approximate surface area is 143 Å². The molecule has 2 rings (SSSR count). The SMILES string of the molecule is CCCCOc1cccc(NC(=O)COc2cc(C)ccc2C)c1. The summed E-state index contributed by atoms with van der Waals surface area (Å²) >= 11 is 0. The molecule has 0 unspecified atom stereocenters. The first kappa shape index (κ1) is 17.9. The van der Waals surface area contributed by atoms with Gasteiger partial charge in [0, 0.05) is 11.8 Å². The number of ether oxygens (including phenoxy) is 2. The molecule has 0 radical (unpaired) electrons. The lowest BCUT2D eigenvalue weighted by Gasteiger charge is -2.11. The Kier molecular flexibility index (Phi) is 6.67. The van der Waals surface area contributed by atoms with Crippen LogP contribution >= 0.6 is 0 Å². The fourth-order valence-corrected chi connectivity index (χ4v) is 2.20. The van der Waals surface area contributed by atoms with Crippen LogP contribution in [0.5, 0.6) is 11.5 Å². The van der Waals surface area contributed by atoms with Crippen molar-refractivity contribution in [3.63, 3.8) is 0 Å². The average molecular weight is 327 g/mol. The molecular weight excluding hydrogens is 302 g/mol. The van der Waals surface area contributed by atoms with Crippen LogP contribution in [0.15, 0.2) is 42.5 Å². The van der Waals surface area contributed by atoms with Crippen LogP contribution in [0.1, 0.15) is 30.9 Å². The summed E-state index contributed by atoms with van der Waals surface area (Å²) < 4.78 is 11.3. The van der Waals surface area contributed by atoms with E-state index in [1.165, 1.54) is 0 Å². The van der Waals surface area contributed by atoms with E-state index < -0.39 is 0 Å². The Hall–Kier alpha value is -2.49. The second-order valence-corrected chi connectivity index (χ2v) is 5.84. The molecular formula is C20H25NO3. The molecule has 0 aliphatic rings. The van der Waals surface area contributed by atoms with Crippen LogP contribution in [0.3, 0.4) is 0 Å². The van der Waals surface area contributed by atoms with Gasteiger partial charge < -0.3 is 14.8 Å². The van der Waals surface area contributed by atoms with Gasteiger partial charge in [-0.15, -0.1) is 0 Å². The van der Waals surface area contributed by atoms with Gasteiger partial charge >= 0.3 is 0 Å². The van der Waals surface area contributed by atoms with Gasteiger partial charge in [-0.3, -0.25) is 4.79 Å². The van der Waals surface area contributed by atoms with Crippen LogP contribution in [0.25, 0.3) is 0 Å². The number of carbonyl (C=O) groups is 1. The number of hydrogen-bond acceptors (Lipinski definition) is 3. The van der Waals surface area contributed by atoms with E-state index in [4.69, 9.17) is 9.47 Å². The lowest BCUT2D eigenvalue weighted by Crippen LogP contribution is -2.20. The maximum atomic E-state index is 12.1. The molecule has 4 nitrogen and oxygen atoms in total. The molecule has 0 fully saturated rings. The van der Waals surface area contributed by atoms with Gasteiger partial charge in [-0.2, -0.15) is 0 Å². The first-order chi connectivity index (χ1) is 11.6. The number of benzene rings is 2. The minimum atomic E-state index is -0.193. The minimum absolute atomic E-state index is 0.0226. The van der Waals surface area contributed by atoms with Crippen LogP contribution in [0.2, 0.25) is 0 Å². The largest absolute Gasteiger partial charge is 0.494 e. The van der Waals surface area contributed by atoms with Crippen LogP contribution in [0, 0.1) is 13.8 Å². The number of nitrogens with one attached hydrogen (secondary N) is 1. The van der Waals surface area contributed by atoms with Gasteiger partial charge in [-0.05, 0) is 49.6 Å². The number of rotatable bonds is 8. The summed E-state index contributed by atoms with van der Waals surface area (Å²) in [6.07, 6.45) is 2.10. The van der Waals surface area contributed by atoms with Gasteiger partial charge in [0.05, 0.1) is 6.61 Å². The molecule has 128 valence electrons. The number of anilines is 1. The average Bonchev–Trinajstić information content (AvgIpc) is 2.56. The number of amides is 1. The third kappa shape index (κ3) is 5.61. The van der Waals surface area contributed by atoms with Crippen LogP contribution in [0.4, 0.5) is 5.69 Å². The summed E-state index contributed by atoms with van der Waals surface area (Å²) in [7, 11) is 0. The van der Waals surface area contributed by atoms with E-state index >= 15 is 0 Å². The molecule has 1 N–H and O–H groups in total. The first-order valence-electron chi connectivity index (χ1n) is 8.31. The maximum absolute atomic E-state index is 12.1. The normalized spacial score (nSPS) is 10.3. The standard InChI is InChI=1S/C20H25NO3/c1-4-5-11-23-18-8-6-7-17(13-18)21-20(22)14-24-19-12-15(2)9-10-16(19)3/h6-10,12-13H,4-5,11,14H2,1-3H3,(H,21,22). The van der Waals surface area contributed by atoms with Gasteiger partial charge in [-0.25, -0.2) is 0 Å². The van der Waals surface area contributed by atoms with Gasteiger partial charge in [0.1, 0.15) is 11.5 Å². The fourth-order valence-electron chi connectivity index (χ4n) is 2.20. The summed E-state index contributed by atoms with van der Waals surface area (Å²) in [6.45, 7) is 6.74. The van der Waals surface area contributed by atoms with Gasteiger partial charge in [-0.1, -0.05) is 31.5 Å². The first-order valence-corrected chi connectivity index (χ1v) is 8.31. The molecule has 0 spiro atoms. The van der Waals surface area contributed by atoms with Crippen molar-refractivity contribution < 1.29 is 14.3 Å². The molecule has 2 aromatic rings. The summed E-state index contributed by atoms with van der Waals surface area (Å²) in [6, 6.07) is 13.4. The van der Waals surface area contributed by atoms with E-state index in [1.54, 1.807) is 0 Å². The van der Waals surface area contributed by atoms with Crippen LogP contribution < -0.4 is 14.8 Å². The predicted molar refractivity (Wildman–Crippen MR) is 96.9 cm³/mol. The second kappa shape index (κ2) is 8.96. The summed E-state index contributed by atoms with van der Waals surface area (Å²) in [5.74, 6) is 1.31. The molecule has 4 heteroatoms. The zero-order valence-corrected chi connectivity index (χ0v) is 14.6. The Morgan fingerprint density at radius 2 is 1.92 bits per heavy atom. The van der Waals surface area contributed by atoms with E-state index in [2.05, 4.69) is 12.2 Å². The molecule has 0 heterocycles. The van der Waals surface area contributed by atoms with Crippen molar-refractivity contribution in [2.75, 3.05) is 18.5 Å². The lowest BCUT2D eigenvalue weighted by atomic mass is 10.1. The Morgan fingerprint density at radius 3 is 2.71 bits per heavy atom. The molecule has 24 heavy (non-hydrogen) atoms. The van der Waals surface area contributed by atoms with Crippen molar-refractivity contribution in [1.29, 1.82) is 0 Å². The van der Waals surface area contributed by atoms with Gasteiger partial charge in [0.2, 0.25) is 0 Å². The molecule has 0 aromatic heterocycles. The van der Waals surface area contributed by atoms with Crippen molar-refractivity contribution >= 4 is 11.6 Å². The number of carbonyl (C=O) groups excluding carboxylic acids is 1. The zero-order valence-electron chi connectivity index (χ0n) is 14.6. The van der Waals surface area contributed by atoms with Crippen molar-refractivity contribution in [3.05, 3.63) is 53.6 Å². The molecule has 1 amide bonds. The smallest absolute Gasteiger partial charge is 0.262 e. The van der Waals surface area contributed by atoms with Gasteiger partial charge in [0.25, 0.3) is 5.91 Å². The quantitative estimate of drug-likeness (QED) is 0.726. The van der Waals surface area contributed by atoms with Gasteiger partial charge in [0.15, 0.2) is 6.61 Å². The highest BCUT2D eigenvalue weighted by atomic mass is 16.5. The predicted octanol–water partition coefficient (Wildman–Crippen LogP) is 4.50. The second-order valence-electron chi connectivity index (χ2n) is 5.84. The zero-order chi connectivity index (χ0) is 17.4. The summed E-state index contributed by atoms with van der Waals surface area (Å²) in [5, 5.41) is 2.83. The van der Waals surface area contributed by atoms with Crippen molar-refractivity contribution in [2.45, 2.75) is 33.6 Å². The molecule has 0 atom stereocenters. The third-order valence-electron chi connectivity index (χ3n) is 3.59. The number of aryl methyl sites for hydroxylation is 2. The third-order valence-corrected chi connectivity index (χ3v) is 3.59. The lowest BCUT2D eigenvalue weighted by molar-refractivity contribution is -0.118. The summed E-state index contributed by atoms with van der Waals surface area (Å²) in [4.78, 5) is 12.1. The highest BCUT2D eigenvalue weighted by molar-refractivity contribution is 5.92. The highest BCUT2D eigenvalue weighted by Gasteiger charge is 2.06. The van der Waals surface area contributed by atoms with E-state index in [9.17, 15) is 4.79 Å². The molecule has 0 saturated heterocycles. The van der Waals surface area contributed by atoms with Crippen molar-refractivity contribution in [1.82, 2.24) is 0 Å². The Morgan fingerprint density at radius 1 is 1.08 bits per heavy atom. The van der Waals surface area contributed by atoms with E-state index in [-0.39, 0.29) is 12.5 Å². The Bertz CT molecular complexity index is 682. The van der Waals surface area contributed by atoms with E-state index in [0.717, 1.165) is 35.5 Å². The minimum Gasteiger partial charge on any atom is -0.494 e. The summed E-state index contributed by atoms with van der Waals surface area (Å²) in [5.41, 5.74) is 2.83. The molecule has 0 aliphatic carbocycles. The number of unbranched alkanes of at least 4 members (excludes halogenated alkanes) is 1. The Balaban J connectivity index is 1.88. The molecule has 2 aromatic carbocycles. The van der Waals surface area contributed by atoms with Crippen LogP contribution in [-0.4, -0.2) is 19.1 Å². The molecule has 0 bridgehead atoms. The van der Waals surface area contributed by atoms with Crippen LogP contribution in [-0.2, 0) is 4.79 Å². The van der Waals surface area contributed by atoms with Crippen molar-refractivity contribution in [3.8, 4) is 11.5 Å². The fraction of sp³-hybridized carbons (Fsp3) is 0.350. The topological polar surface area (TPSA) is 47.6 Å². The maximum Gasteiger partial charge on any atom is 0.262 e. The van der Waals surface area contributed by atoms with E-state index in [1.807, 2.05) is 56.3 Å². The molecule has 0 aliphatic heterocycles.